The first-order valence-corrected chi connectivity index (χ1v) is 15.4. The van der Waals surface area contributed by atoms with E-state index in [2.05, 4.69) is 13.2 Å². The van der Waals surface area contributed by atoms with E-state index in [4.69, 9.17) is 9.47 Å². The van der Waals surface area contributed by atoms with E-state index in [1.165, 1.54) is 6.08 Å². The van der Waals surface area contributed by atoms with Crippen LogP contribution >= 0.6 is 14.7 Å². The maximum Gasteiger partial charge on any atom is 0.255 e. The van der Waals surface area contributed by atoms with Crippen molar-refractivity contribution < 1.29 is 28.4 Å². The van der Waals surface area contributed by atoms with E-state index in [0.717, 1.165) is 57.8 Å². The molecule has 6 nitrogen and oxygen atoms in total. The predicted octanol–water partition coefficient (Wildman–Crippen LogP) is 6.52. The molecule has 2 aliphatic heterocycles. The SMILES string of the molecule is C=CCP(=O)(O)C12CCC(P(=O)(O)C(=C)C)(CC1)OC1CCCCCCCC(CC1)O2. The van der Waals surface area contributed by atoms with Gasteiger partial charge in [0.1, 0.15) is 10.7 Å². The third kappa shape index (κ3) is 5.15. The Labute approximate surface area is 187 Å². The molecular formula is C23H40O6P2. The Morgan fingerprint density at radius 2 is 1.35 bits per heavy atom. The minimum atomic E-state index is -3.86. The lowest BCUT2D eigenvalue weighted by molar-refractivity contribution is -0.145. The maximum absolute atomic E-state index is 13.5. The molecule has 2 saturated carbocycles. The fraction of sp³-hybridized carbons (Fsp3) is 0.826. The Hall–Kier alpha value is -0.220. The number of hydrogen-bond donors (Lipinski definition) is 2. The lowest BCUT2D eigenvalue weighted by Gasteiger charge is -2.51. The first kappa shape index (κ1) is 25.4. The minimum Gasteiger partial charge on any atom is -0.362 e. The highest BCUT2D eigenvalue weighted by Crippen LogP contribution is 2.71. The summed E-state index contributed by atoms with van der Waals surface area (Å²) in [5.41, 5.74) is 0. The van der Waals surface area contributed by atoms with Gasteiger partial charge in [-0.1, -0.05) is 44.8 Å². The largest absolute Gasteiger partial charge is 0.362 e. The number of ether oxygens (including phenoxy) is 2. The van der Waals surface area contributed by atoms with Gasteiger partial charge in [-0.3, -0.25) is 9.13 Å². The molecule has 2 aliphatic carbocycles. The van der Waals surface area contributed by atoms with E-state index >= 15 is 0 Å². The molecule has 0 aromatic rings. The number of hydrogen-bond acceptors (Lipinski definition) is 4. The summed E-state index contributed by atoms with van der Waals surface area (Å²) in [4.78, 5) is 22.2. The molecule has 2 heterocycles. The highest BCUT2D eigenvalue weighted by Gasteiger charge is 2.60. The lowest BCUT2D eigenvalue weighted by atomic mass is 9.91. The van der Waals surface area contributed by atoms with E-state index in [1.807, 2.05) is 0 Å². The third-order valence-corrected chi connectivity index (χ3v) is 12.8. The molecule has 4 atom stereocenters. The fourth-order valence-corrected chi connectivity index (χ4v) is 9.29. The van der Waals surface area contributed by atoms with Gasteiger partial charge in [0.15, 0.2) is 0 Å². The third-order valence-electron chi connectivity index (χ3n) is 7.53. The summed E-state index contributed by atoms with van der Waals surface area (Å²) in [6.45, 7) is 9.05. The molecule has 4 rings (SSSR count). The van der Waals surface area contributed by atoms with Crippen molar-refractivity contribution >= 4 is 14.7 Å². The van der Waals surface area contributed by atoms with Crippen LogP contribution in [-0.2, 0) is 18.6 Å². The van der Waals surface area contributed by atoms with Crippen LogP contribution in [0.25, 0.3) is 0 Å². The summed E-state index contributed by atoms with van der Waals surface area (Å²) in [6.07, 6.45) is 10.9. The van der Waals surface area contributed by atoms with Gasteiger partial charge < -0.3 is 19.3 Å². The zero-order valence-corrected chi connectivity index (χ0v) is 20.8. The van der Waals surface area contributed by atoms with Gasteiger partial charge in [-0.15, -0.1) is 6.58 Å². The Morgan fingerprint density at radius 1 is 0.903 bits per heavy atom. The lowest BCUT2D eigenvalue weighted by Crippen LogP contribution is -2.50. The van der Waals surface area contributed by atoms with Crippen LogP contribution in [0.15, 0.2) is 24.5 Å². The molecule has 4 bridgehead atoms. The van der Waals surface area contributed by atoms with Gasteiger partial charge in [0.05, 0.1) is 12.2 Å². The Bertz CT molecular complexity index is 755. The molecule has 4 fully saturated rings. The quantitative estimate of drug-likeness (QED) is 0.348. The molecule has 4 unspecified atom stereocenters. The second-order valence-corrected chi connectivity index (χ2v) is 15.1. The summed E-state index contributed by atoms with van der Waals surface area (Å²) in [7, 11) is -7.58. The van der Waals surface area contributed by atoms with Gasteiger partial charge >= 0.3 is 0 Å². The average Bonchev–Trinajstić information content (AvgIpc) is 2.76. The predicted molar refractivity (Wildman–Crippen MR) is 125 cm³/mol. The smallest absolute Gasteiger partial charge is 0.255 e. The Morgan fingerprint density at radius 3 is 1.84 bits per heavy atom. The molecule has 8 heteroatoms. The van der Waals surface area contributed by atoms with Crippen LogP contribution < -0.4 is 0 Å². The fourth-order valence-electron chi connectivity index (χ4n) is 5.55. The van der Waals surface area contributed by atoms with Crippen molar-refractivity contribution in [2.75, 3.05) is 6.16 Å². The van der Waals surface area contributed by atoms with Crippen molar-refractivity contribution in [2.24, 2.45) is 0 Å². The molecule has 0 aromatic carbocycles. The molecular weight excluding hydrogens is 434 g/mol. The first-order chi connectivity index (χ1) is 14.6. The zero-order valence-electron chi connectivity index (χ0n) is 19.0. The van der Waals surface area contributed by atoms with E-state index in [9.17, 15) is 18.9 Å². The van der Waals surface area contributed by atoms with Crippen LogP contribution in [0.5, 0.6) is 0 Å². The van der Waals surface area contributed by atoms with Crippen molar-refractivity contribution in [1.82, 2.24) is 0 Å². The molecule has 2 saturated heterocycles. The number of fused-ring (bicyclic) bond motifs is 2. The van der Waals surface area contributed by atoms with Crippen LogP contribution in [0.4, 0.5) is 0 Å². The maximum atomic E-state index is 13.5. The summed E-state index contributed by atoms with van der Waals surface area (Å²) >= 11 is 0. The minimum absolute atomic E-state index is 0.0204. The Balaban J connectivity index is 2.04. The molecule has 0 aromatic heterocycles. The molecule has 4 aliphatic rings. The second-order valence-electron chi connectivity index (χ2n) is 9.78. The van der Waals surface area contributed by atoms with Crippen LogP contribution in [0.2, 0.25) is 0 Å². The summed E-state index contributed by atoms with van der Waals surface area (Å²) in [5, 5.41) is -2.23. The van der Waals surface area contributed by atoms with E-state index in [-0.39, 0.29) is 49.4 Å². The van der Waals surface area contributed by atoms with Crippen molar-refractivity contribution in [3.05, 3.63) is 24.5 Å². The van der Waals surface area contributed by atoms with E-state index in [1.54, 1.807) is 6.92 Å². The zero-order chi connectivity index (χ0) is 22.8. The van der Waals surface area contributed by atoms with Gasteiger partial charge in [0.25, 0.3) is 7.37 Å². The average molecular weight is 475 g/mol. The van der Waals surface area contributed by atoms with Gasteiger partial charge in [-0.05, 0) is 58.3 Å². The molecule has 0 spiro atoms. The van der Waals surface area contributed by atoms with Crippen molar-refractivity contribution in [3.8, 4) is 0 Å². The molecule has 31 heavy (non-hydrogen) atoms. The molecule has 178 valence electrons. The standard InChI is InChI=1S/C23H40O6P2/c1-4-18-30(24,25)22-14-16-23(17-15-22,31(26,27)19(2)3)29-21-11-9-7-5-6-8-10-20(28-22)12-13-21/h4,20-21H,1-2,5-18H2,3H3,(H,24,25)(H,26,27). The van der Waals surface area contributed by atoms with Crippen LogP contribution in [0, 0.1) is 0 Å². The van der Waals surface area contributed by atoms with E-state index < -0.39 is 25.4 Å². The van der Waals surface area contributed by atoms with E-state index in [0.29, 0.717) is 0 Å². The van der Waals surface area contributed by atoms with Crippen LogP contribution in [-0.4, -0.2) is 38.8 Å². The monoisotopic (exact) mass is 474 g/mol. The Kier molecular flexibility index (Phi) is 8.16. The van der Waals surface area contributed by atoms with Crippen LogP contribution in [0.1, 0.15) is 90.4 Å². The van der Waals surface area contributed by atoms with Gasteiger partial charge in [-0.25, -0.2) is 0 Å². The molecule has 0 amide bonds. The topological polar surface area (TPSA) is 93.1 Å². The van der Waals surface area contributed by atoms with Crippen molar-refractivity contribution in [2.45, 2.75) is 113 Å². The number of allylic oxidation sites excluding steroid dienone is 2. The molecule has 0 radical (unpaired) electrons. The number of rotatable bonds is 5. The highest BCUT2D eigenvalue weighted by molar-refractivity contribution is 7.63. The van der Waals surface area contributed by atoms with Crippen molar-refractivity contribution in [3.63, 3.8) is 0 Å². The van der Waals surface area contributed by atoms with Gasteiger partial charge in [0.2, 0.25) is 7.37 Å². The normalized spacial score (nSPS) is 38.9. The molecule has 2 N–H and O–H groups in total. The first-order valence-electron chi connectivity index (χ1n) is 11.8. The van der Waals surface area contributed by atoms with Gasteiger partial charge in [0, 0.05) is 11.5 Å². The summed E-state index contributed by atoms with van der Waals surface area (Å²) in [6, 6.07) is 0. The van der Waals surface area contributed by atoms with Gasteiger partial charge in [-0.2, -0.15) is 0 Å². The summed E-state index contributed by atoms with van der Waals surface area (Å²) in [5.74, 6) is 0. The second kappa shape index (κ2) is 9.95. The van der Waals surface area contributed by atoms with Crippen molar-refractivity contribution in [1.29, 1.82) is 0 Å². The summed E-state index contributed by atoms with van der Waals surface area (Å²) < 4.78 is 40.2. The highest BCUT2D eigenvalue weighted by atomic mass is 31.2. The van der Waals surface area contributed by atoms with Crippen LogP contribution in [0.3, 0.4) is 0 Å².